The maximum atomic E-state index is 14.8. The number of amides is 1. The molecule has 2 aromatic rings. The first-order chi connectivity index (χ1) is 19.7. The van der Waals surface area contributed by atoms with E-state index in [1.807, 2.05) is 42.5 Å². The third-order valence-corrected chi connectivity index (χ3v) is 6.75. The van der Waals surface area contributed by atoms with Crippen LogP contribution < -0.4 is 0 Å². The first-order valence-electron chi connectivity index (χ1n) is 14.3. The summed E-state index contributed by atoms with van der Waals surface area (Å²) in [5, 5.41) is 0. The molecule has 1 saturated heterocycles. The van der Waals surface area contributed by atoms with Gasteiger partial charge in [0.25, 0.3) is 0 Å². The largest absolute Gasteiger partial charge is 0.458 e. The van der Waals surface area contributed by atoms with Gasteiger partial charge in [-0.05, 0) is 64.7 Å². The van der Waals surface area contributed by atoms with Gasteiger partial charge in [-0.2, -0.15) is 0 Å². The normalized spacial score (nSPS) is 15.8. The first kappa shape index (κ1) is 33.0. The van der Waals surface area contributed by atoms with Gasteiger partial charge in [0, 0.05) is 50.9 Å². The summed E-state index contributed by atoms with van der Waals surface area (Å²) in [6, 6.07) is 11.5. The number of ether oxygens (including phenoxy) is 4. The Morgan fingerprint density at radius 1 is 1.00 bits per heavy atom. The van der Waals surface area contributed by atoms with E-state index in [9.17, 15) is 18.8 Å². The third-order valence-electron chi connectivity index (χ3n) is 6.75. The molecule has 42 heavy (non-hydrogen) atoms. The fourth-order valence-corrected chi connectivity index (χ4v) is 4.52. The number of hydrogen-bond acceptors (Lipinski definition) is 8. The second-order valence-electron chi connectivity index (χ2n) is 12.2. The molecule has 10 heteroatoms. The number of alkyl halides is 1. The van der Waals surface area contributed by atoms with E-state index in [2.05, 4.69) is 4.98 Å². The van der Waals surface area contributed by atoms with Crippen LogP contribution in [0.3, 0.4) is 0 Å². The zero-order chi connectivity index (χ0) is 30.9. The highest BCUT2D eigenvalue weighted by molar-refractivity contribution is 5.85. The Morgan fingerprint density at radius 3 is 2.24 bits per heavy atom. The Bertz CT molecular complexity index is 1170. The molecule has 1 amide bonds. The molecule has 0 bridgehead atoms. The van der Waals surface area contributed by atoms with E-state index in [0.717, 1.165) is 29.0 Å². The number of aromatic nitrogens is 1. The zero-order valence-electron chi connectivity index (χ0n) is 25.4. The molecule has 2 heterocycles. The van der Waals surface area contributed by atoms with Gasteiger partial charge in [0.15, 0.2) is 0 Å². The third kappa shape index (κ3) is 10.7. The molecule has 9 nitrogen and oxygen atoms in total. The van der Waals surface area contributed by atoms with Crippen LogP contribution in [0, 0.1) is 0 Å². The van der Waals surface area contributed by atoms with E-state index in [0.29, 0.717) is 24.7 Å². The second-order valence-corrected chi connectivity index (χ2v) is 12.2. The fourth-order valence-electron chi connectivity index (χ4n) is 4.52. The molecule has 0 spiro atoms. The van der Waals surface area contributed by atoms with Gasteiger partial charge in [-0.25, -0.2) is 18.8 Å². The number of halogens is 1. The molecule has 2 atom stereocenters. The summed E-state index contributed by atoms with van der Waals surface area (Å²) in [4.78, 5) is 45.1. The summed E-state index contributed by atoms with van der Waals surface area (Å²) < 4.78 is 36.8. The van der Waals surface area contributed by atoms with Crippen LogP contribution in [0.2, 0.25) is 0 Å². The van der Waals surface area contributed by atoms with Gasteiger partial charge < -0.3 is 18.9 Å². The van der Waals surface area contributed by atoms with Crippen molar-refractivity contribution < 1.29 is 37.7 Å². The van der Waals surface area contributed by atoms with E-state index in [4.69, 9.17) is 18.9 Å². The standard InChI is InChI=1S/C32H43FN2O7/c1-31(2,3)42-30(38)35(6)26(19-32(4,5)33)28(36)41-27(29(37)40-21-22-10-8-7-9-11-22)18-23-12-13-25(34-20-23)24-14-16-39-17-15-24/h7-13,20,24,26-27H,14-19,21H2,1-6H3/t26-,27?/m0/s1. The summed E-state index contributed by atoms with van der Waals surface area (Å²) in [5.74, 6) is -1.41. The summed E-state index contributed by atoms with van der Waals surface area (Å²) in [5.41, 5.74) is -0.305. The number of hydrogen-bond donors (Lipinski definition) is 0. The number of rotatable bonds is 11. The smallest absolute Gasteiger partial charge is 0.410 e. The van der Waals surface area contributed by atoms with Gasteiger partial charge in [-0.1, -0.05) is 36.4 Å². The lowest BCUT2D eigenvalue weighted by molar-refractivity contribution is -0.172. The SMILES string of the molecule is CN(C(=O)OC(C)(C)C)[C@@H](CC(C)(C)F)C(=O)OC(Cc1ccc(C2CCOCC2)nc1)C(=O)OCc1ccccc1. The Kier molecular flexibility index (Phi) is 11.4. The van der Waals surface area contributed by atoms with Gasteiger partial charge in [-0.15, -0.1) is 0 Å². The molecule has 0 radical (unpaired) electrons. The van der Waals surface area contributed by atoms with Crippen molar-refractivity contribution in [2.75, 3.05) is 20.3 Å². The Morgan fingerprint density at radius 2 is 1.67 bits per heavy atom. The van der Waals surface area contributed by atoms with Crippen molar-refractivity contribution >= 4 is 18.0 Å². The average Bonchev–Trinajstić information content (AvgIpc) is 2.94. The lowest BCUT2D eigenvalue weighted by Crippen LogP contribution is -2.49. The van der Waals surface area contributed by atoms with E-state index >= 15 is 0 Å². The fraction of sp³-hybridized carbons (Fsp3) is 0.562. The van der Waals surface area contributed by atoms with Crippen LogP contribution in [-0.2, 0) is 41.6 Å². The van der Waals surface area contributed by atoms with Crippen molar-refractivity contribution in [1.82, 2.24) is 9.88 Å². The van der Waals surface area contributed by atoms with Crippen LogP contribution in [0.5, 0.6) is 0 Å². The lowest BCUT2D eigenvalue weighted by Gasteiger charge is -2.32. The summed E-state index contributed by atoms with van der Waals surface area (Å²) >= 11 is 0. The minimum Gasteiger partial charge on any atom is -0.458 e. The highest BCUT2D eigenvalue weighted by Crippen LogP contribution is 2.26. The summed E-state index contributed by atoms with van der Waals surface area (Å²) in [6.45, 7) is 9.01. The molecule has 1 aromatic heterocycles. The van der Waals surface area contributed by atoms with Crippen molar-refractivity contribution in [3.63, 3.8) is 0 Å². The molecule has 1 aromatic carbocycles. The zero-order valence-corrected chi connectivity index (χ0v) is 25.4. The molecule has 1 aliphatic heterocycles. The molecule has 1 aliphatic rings. The van der Waals surface area contributed by atoms with Gasteiger partial charge in [-0.3, -0.25) is 9.88 Å². The molecule has 0 aliphatic carbocycles. The molecular weight excluding hydrogens is 543 g/mol. The predicted octanol–water partition coefficient (Wildman–Crippen LogP) is 5.55. The monoisotopic (exact) mass is 586 g/mol. The number of carbonyl (C=O) groups excluding carboxylic acids is 3. The number of nitrogens with zero attached hydrogens (tertiary/aromatic N) is 2. The second kappa shape index (κ2) is 14.6. The van der Waals surface area contributed by atoms with E-state index < -0.39 is 41.4 Å². The molecule has 1 fully saturated rings. The Labute approximate surface area is 247 Å². The van der Waals surface area contributed by atoms with Gasteiger partial charge in [0.2, 0.25) is 6.10 Å². The number of carbonyl (C=O) groups is 3. The Hall–Kier alpha value is -3.53. The molecule has 3 rings (SSSR count). The highest BCUT2D eigenvalue weighted by atomic mass is 19.1. The summed E-state index contributed by atoms with van der Waals surface area (Å²) in [7, 11) is 1.34. The number of likely N-dealkylation sites (N-methyl/N-ethyl adjacent to an activating group) is 1. The topological polar surface area (TPSA) is 104 Å². The van der Waals surface area contributed by atoms with Gasteiger partial charge in [0.05, 0.1) is 0 Å². The lowest BCUT2D eigenvalue weighted by atomic mass is 9.95. The van der Waals surface area contributed by atoms with Crippen LogP contribution in [-0.4, -0.2) is 71.6 Å². The van der Waals surface area contributed by atoms with Crippen molar-refractivity contribution in [3.05, 3.63) is 65.5 Å². The van der Waals surface area contributed by atoms with E-state index in [1.165, 1.54) is 20.9 Å². The highest BCUT2D eigenvalue weighted by Gasteiger charge is 2.38. The maximum absolute atomic E-state index is 14.8. The minimum absolute atomic E-state index is 0.0116. The molecule has 0 N–H and O–H groups in total. The molecule has 1 unspecified atom stereocenters. The molecule has 230 valence electrons. The first-order valence-corrected chi connectivity index (χ1v) is 14.3. The quantitative estimate of drug-likeness (QED) is 0.250. The molecule has 0 saturated carbocycles. The van der Waals surface area contributed by atoms with Crippen molar-refractivity contribution in [2.24, 2.45) is 0 Å². The van der Waals surface area contributed by atoms with Crippen molar-refractivity contribution in [3.8, 4) is 0 Å². The van der Waals surface area contributed by atoms with Crippen LogP contribution in [0.15, 0.2) is 48.7 Å². The van der Waals surface area contributed by atoms with E-state index in [1.54, 1.807) is 27.0 Å². The van der Waals surface area contributed by atoms with Crippen molar-refractivity contribution in [1.29, 1.82) is 0 Å². The van der Waals surface area contributed by atoms with Crippen LogP contribution in [0.25, 0.3) is 0 Å². The van der Waals surface area contributed by atoms with Gasteiger partial charge >= 0.3 is 18.0 Å². The maximum Gasteiger partial charge on any atom is 0.410 e. The summed E-state index contributed by atoms with van der Waals surface area (Å²) in [6.07, 6.45) is 0.882. The van der Waals surface area contributed by atoms with Crippen LogP contribution in [0.1, 0.15) is 76.6 Å². The molecular formula is C32H43FN2O7. The van der Waals surface area contributed by atoms with Crippen molar-refractivity contribution in [2.45, 2.75) is 96.2 Å². The Balaban J connectivity index is 1.81. The number of pyridine rings is 1. The van der Waals surface area contributed by atoms with Gasteiger partial charge in [0.1, 0.15) is 23.9 Å². The number of benzene rings is 1. The average molecular weight is 587 g/mol. The minimum atomic E-state index is -1.83. The van der Waals surface area contributed by atoms with Crippen LogP contribution >= 0.6 is 0 Å². The number of esters is 2. The van der Waals surface area contributed by atoms with Crippen LogP contribution in [0.4, 0.5) is 9.18 Å². The predicted molar refractivity (Wildman–Crippen MR) is 154 cm³/mol. The van der Waals surface area contributed by atoms with E-state index in [-0.39, 0.29) is 19.4 Å².